The standard InChI is InChI=1S/C15H23N5/c1-15(2)7-5-4-6-11(15)18-13-14-17-8-9-20(14)10-12(16-3)19-13/h8-11,16H,4-7H2,1-3H3,(H,18,19). The van der Waals surface area contributed by atoms with Crippen molar-refractivity contribution in [3.05, 3.63) is 18.6 Å². The second-order valence-electron chi connectivity index (χ2n) is 6.31. The average Bonchev–Trinajstić information content (AvgIpc) is 2.89. The molecule has 1 atom stereocenters. The third-order valence-electron chi connectivity index (χ3n) is 4.45. The van der Waals surface area contributed by atoms with Crippen LogP contribution in [0.3, 0.4) is 0 Å². The van der Waals surface area contributed by atoms with Crippen LogP contribution in [0.1, 0.15) is 39.5 Å². The zero-order valence-corrected chi connectivity index (χ0v) is 12.5. The molecule has 0 saturated heterocycles. The van der Waals surface area contributed by atoms with Gasteiger partial charge in [-0.2, -0.15) is 0 Å². The van der Waals surface area contributed by atoms with Crippen LogP contribution in [-0.2, 0) is 0 Å². The molecule has 1 aliphatic carbocycles. The molecule has 2 aromatic heterocycles. The molecular weight excluding hydrogens is 250 g/mol. The molecule has 0 radical (unpaired) electrons. The normalized spacial score (nSPS) is 21.9. The molecule has 2 N–H and O–H groups in total. The van der Waals surface area contributed by atoms with E-state index in [1.165, 1.54) is 25.7 Å². The molecule has 0 amide bonds. The molecule has 5 heteroatoms. The predicted octanol–water partition coefficient (Wildman–Crippen LogP) is 3.15. The van der Waals surface area contributed by atoms with E-state index in [0.29, 0.717) is 11.5 Å². The number of fused-ring (bicyclic) bond motifs is 1. The van der Waals surface area contributed by atoms with Crippen LogP contribution < -0.4 is 10.6 Å². The van der Waals surface area contributed by atoms with Crippen LogP contribution in [0.25, 0.3) is 5.65 Å². The fraction of sp³-hybridized carbons (Fsp3) is 0.600. The Labute approximate surface area is 119 Å². The van der Waals surface area contributed by atoms with Crippen molar-refractivity contribution in [1.29, 1.82) is 0 Å². The van der Waals surface area contributed by atoms with Crippen molar-refractivity contribution in [2.75, 3.05) is 17.7 Å². The van der Waals surface area contributed by atoms with E-state index in [1.807, 2.05) is 30.0 Å². The van der Waals surface area contributed by atoms with Crippen molar-refractivity contribution in [2.24, 2.45) is 5.41 Å². The summed E-state index contributed by atoms with van der Waals surface area (Å²) in [7, 11) is 1.89. The van der Waals surface area contributed by atoms with Gasteiger partial charge in [0.05, 0.1) is 6.20 Å². The Morgan fingerprint density at radius 2 is 2.20 bits per heavy atom. The second-order valence-corrected chi connectivity index (χ2v) is 6.31. The number of anilines is 2. The molecular formula is C15H23N5. The highest BCUT2D eigenvalue weighted by Crippen LogP contribution is 2.37. The maximum atomic E-state index is 4.65. The van der Waals surface area contributed by atoms with Gasteiger partial charge in [-0.25, -0.2) is 9.97 Å². The van der Waals surface area contributed by atoms with Gasteiger partial charge >= 0.3 is 0 Å². The quantitative estimate of drug-likeness (QED) is 0.902. The van der Waals surface area contributed by atoms with Crippen molar-refractivity contribution in [3.8, 4) is 0 Å². The monoisotopic (exact) mass is 273 g/mol. The van der Waals surface area contributed by atoms with Gasteiger partial charge in [-0.05, 0) is 18.3 Å². The van der Waals surface area contributed by atoms with Crippen molar-refractivity contribution in [2.45, 2.75) is 45.6 Å². The Kier molecular flexibility index (Phi) is 3.28. The average molecular weight is 273 g/mol. The van der Waals surface area contributed by atoms with Gasteiger partial charge in [0.15, 0.2) is 11.5 Å². The first-order chi connectivity index (χ1) is 9.60. The maximum Gasteiger partial charge on any atom is 0.180 e. The van der Waals surface area contributed by atoms with Gasteiger partial charge in [-0.1, -0.05) is 26.7 Å². The Balaban J connectivity index is 1.95. The van der Waals surface area contributed by atoms with Crippen LogP contribution in [-0.4, -0.2) is 27.5 Å². The highest BCUT2D eigenvalue weighted by atomic mass is 15.2. The summed E-state index contributed by atoms with van der Waals surface area (Å²) >= 11 is 0. The second kappa shape index (κ2) is 4.96. The fourth-order valence-corrected chi connectivity index (χ4v) is 3.08. The van der Waals surface area contributed by atoms with Crippen molar-refractivity contribution >= 4 is 17.3 Å². The van der Waals surface area contributed by atoms with Crippen LogP contribution in [0.15, 0.2) is 18.6 Å². The summed E-state index contributed by atoms with van der Waals surface area (Å²) in [5.41, 5.74) is 1.20. The van der Waals surface area contributed by atoms with Crippen LogP contribution in [0.4, 0.5) is 11.6 Å². The Hall–Kier alpha value is -1.78. The van der Waals surface area contributed by atoms with E-state index in [9.17, 15) is 0 Å². The molecule has 0 bridgehead atoms. The lowest BCUT2D eigenvalue weighted by Gasteiger charge is -2.39. The molecule has 108 valence electrons. The minimum Gasteiger partial charge on any atom is -0.372 e. The number of aromatic nitrogens is 3. The topological polar surface area (TPSA) is 54.2 Å². The van der Waals surface area contributed by atoms with E-state index in [2.05, 4.69) is 34.4 Å². The number of imidazole rings is 1. The molecule has 1 saturated carbocycles. The zero-order valence-electron chi connectivity index (χ0n) is 12.5. The summed E-state index contributed by atoms with van der Waals surface area (Å²) < 4.78 is 2.01. The van der Waals surface area contributed by atoms with Crippen LogP contribution in [0, 0.1) is 5.41 Å². The summed E-state index contributed by atoms with van der Waals surface area (Å²) in [5.74, 6) is 1.73. The molecule has 0 aromatic carbocycles. The largest absolute Gasteiger partial charge is 0.372 e. The maximum absolute atomic E-state index is 4.65. The van der Waals surface area contributed by atoms with Crippen LogP contribution >= 0.6 is 0 Å². The molecule has 3 rings (SSSR count). The highest BCUT2D eigenvalue weighted by Gasteiger charge is 2.32. The Bertz CT molecular complexity index is 601. The van der Waals surface area contributed by atoms with E-state index >= 15 is 0 Å². The smallest absolute Gasteiger partial charge is 0.180 e. The summed E-state index contributed by atoms with van der Waals surface area (Å²) in [6.07, 6.45) is 10.8. The van der Waals surface area contributed by atoms with E-state index in [0.717, 1.165) is 17.3 Å². The Morgan fingerprint density at radius 3 is 2.95 bits per heavy atom. The van der Waals surface area contributed by atoms with Gasteiger partial charge in [0.25, 0.3) is 0 Å². The number of rotatable bonds is 3. The van der Waals surface area contributed by atoms with Crippen LogP contribution in [0.2, 0.25) is 0 Å². The lowest BCUT2D eigenvalue weighted by atomic mass is 9.73. The summed E-state index contributed by atoms with van der Waals surface area (Å²) in [6, 6.07) is 0.455. The third-order valence-corrected chi connectivity index (χ3v) is 4.45. The molecule has 2 heterocycles. The number of hydrogen-bond acceptors (Lipinski definition) is 4. The minimum absolute atomic E-state index is 0.305. The number of hydrogen-bond donors (Lipinski definition) is 2. The van der Waals surface area contributed by atoms with Crippen molar-refractivity contribution < 1.29 is 0 Å². The zero-order chi connectivity index (χ0) is 14.2. The predicted molar refractivity (Wildman–Crippen MR) is 82.2 cm³/mol. The van der Waals surface area contributed by atoms with Gasteiger partial charge < -0.3 is 15.0 Å². The first kappa shape index (κ1) is 13.2. The van der Waals surface area contributed by atoms with Gasteiger partial charge in [0, 0.05) is 25.5 Å². The Morgan fingerprint density at radius 1 is 1.35 bits per heavy atom. The van der Waals surface area contributed by atoms with E-state index < -0.39 is 0 Å². The molecule has 20 heavy (non-hydrogen) atoms. The van der Waals surface area contributed by atoms with Crippen molar-refractivity contribution in [3.63, 3.8) is 0 Å². The molecule has 5 nitrogen and oxygen atoms in total. The summed E-state index contributed by atoms with van der Waals surface area (Å²) in [4.78, 5) is 9.06. The molecule has 0 spiro atoms. The van der Waals surface area contributed by atoms with Gasteiger partial charge in [-0.15, -0.1) is 0 Å². The highest BCUT2D eigenvalue weighted by molar-refractivity contribution is 5.65. The first-order valence-electron chi connectivity index (χ1n) is 7.38. The third kappa shape index (κ3) is 2.32. The van der Waals surface area contributed by atoms with Gasteiger partial charge in [0.2, 0.25) is 0 Å². The number of nitrogens with one attached hydrogen (secondary N) is 2. The summed E-state index contributed by atoms with van der Waals surface area (Å²) in [5, 5.41) is 6.75. The molecule has 1 fully saturated rings. The lowest BCUT2D eigenvalue weighted by Crippen LogP contribution is -2.39. The molecule has 2 aromatic rings. The van der Waals surface area contributed by atoms with Gasteiger partial charge in [0.1, 0.15) is 5.82 Å². The lowest BCUT2D eigenvalue weighted by molar-refractivity contribution is 0.217. The molecule has 1 aliphatic rings. The van der Waals surface area contributed by atoms with Gasteiger partial charge in [-0.3, -0.25) is 0 Å². The van der Waals surface area contributed by atoms with Crippen LogP contribution in [0.5, 0.6) is 0 Å². The minimum atomic E-state index is 0.305. The number of nitrogens with zero attached hydrogens (tertiary/aromatic N) is 3. The van der Waals surface area contributed by atoms with Crippen molar-refractivity contribution in [1.82, 2.24) is 14.4 Å². The van der Waals surface area contributed by atoms with E-state index in [4.69, 9.17) is 0 Å². The fourth-order valence-electron chi connectivity index (χ4n) is 3.08. The molecule has 0 aliphatic heterocycles. The van der Waals surface area contributed by atoms with E-state index in [-0.39, 0.29) is 0 Å². The van der Waals surface area contributed by atoms with E-state index in [1.54, 1.807) is 0 Å². The summed E-state index contributed by atoms with van der Waals surface area (Å²) in [6.45, 7) is 4.68. The first-order valence-corrected chi connectivity index (χ1v) is 7.38. The molecule has 1 unspecified atom stereocenters. The SMILES string of the molecule is CNc1cn2ccnc2c(NC2CCCCC2(C)C)n1.